The molecule has 160 valence electrons. The van der Waals surface area contributed by atoms with E-state index in [9.17, 15) is 18.7 Å². The van der Waals surface area contributed by atoms with Gasteiger partial charge in [0, 0.05) is 41.8 Å². The standard InChI is InChI=1S/C21H20F2N6O2/c22-15-2-1-3-16(23)14(15)10-24-17-8-18(26-13-4-5-13)29-20(27-17)12(9-25-29)6-11-7-19(30)28-21(11)31/h1-3,6,8-9,13,19,26,30H,4-5,7,10H2,(H,24,27)(H,28,31)/b11-6+. The van der Waals surface area contributed by atoms with E-state index in [2.05, 4.69) is 26.0 Å². The molecule has 1 aliphatic carbocycles. The number of hydrogen-bond acceptors (Lipinski definition) is 6. The minimum Gasteiger partial charge on any atom is -0.373 e. The van der Waals surface area contributed by atoms with Crippen molar-refractivity contribution in [2.24, 2.45) is 0 Å². The van der Waals surface area contributed by atoms with E-state index in [-0.39, 0.29) is 24.4 Å². The van der Waals surface area contributed by atoms with Gasteiger partial charge in [0.15, 0.2) is 5.65 Å². The molecule has 5 rings (SSSR count). The van der Waals surface area contributed by atoms with E-state index in [1.165, 1.54) is 18.2 Å². The predicted octanol–water partition coefficient (Wildman–Crippen LogP) is 2.42. The predicted molar refractivity (Wildman–Crippen MR) is 110 cm³/mol. The van der Waals surface area contributed by atoms with E-state index in [1.54, 1.807) is 22.9 Å². The van der Waals surface area contributed by atoms with E-state index in [0.29, 0.717) is 34.5 Å². The minimum atomic E-state index is -0.909. The molecule has 1 aromatic carbocycles. The van der Waals surface area contributed by atoms with Crippen LogP contribution in [0.3, 0.4) is 0 Å². The van der Waals surface area contributed by atoms with Gasteiger partial charge in [0.05, 0.1) is 6.20 Å². The Morgan fingerprint density at radius 1 is 1.29 bits per heavy atom. The Bertz CT molecular complexity index is 1180. The average molecular weight is 426 g/mol. The molecule has 0 bridgehead atoms. The number of amides is 1. The van der Waals surface area contributed by atoms with Gasteiger partial charge < -0.3 is 21.1 Å². The Morgan fingerprint density at radius 3 is 2.74 bits per heavy atom. The van der Waals surface area contributed by atoms with Crippen molar-refractivity contribution in [3.8, 4) is 0 Å². The number of aliphatic hydroxyl groups is 1. The van der Waals surface area contributed by atoms with Gasteiger partial charge >= 0.3 is 0 Å². The first-order valence-corrected chi connectivity index (χ1v) is 9.99. The molecule has 3 heterocycles. The van der Waals surface area contributed by atoms with Crippen molar-refractivity contribution < 1.29 is 18.7 Å². The van der Waals surface area contributed by atoms with Crippen LogP contribution < -0.4 is 16.0 Å². The Labute approximate surface area is 176 Å². The van der Waals surface area contributed by atoms with Gasteiger partial charge in [0.25, 0.3) is 0 Å². The number of anilines is 2. The third kappa shape index (κ3) is 3.93. The SMILES string of the molecule is O=C1NC(O)C/C1=C\c1cnn2c(NC3CC3)cc(NCc3c(F)cccc3F)nc12. The van der Waals surface area contributed by atoms with Crippen LogP contribution in [0.25, 0.3) is 11.7 Å². The molecule has 0 spiro atoms. The van der Waals surface area contributed by atoms with Crippen LogP contribution in [-0.2, 0) is 11.3 Å². The molecule has 4 N–H and O–H groups in total. The summed E-state index contributed by atoms with van der Waals surface area (Å²) in [6.45, 7) is -0.0797. The molecule has 1 aliphatic heterocycles. The van der Waals surface area contributed by atoms with E-state index >= 15 is 0 Å². The maximum Gasteiger partial charge on any atom is 0.249 e. The van der Waals surface area contributed by atoms with Gasteiger partial charge in [-0.1, -0.05) is 6.07 Å². The van der Waals surface area contributed by atoms with Gasteiger partial charge in [-0.15, -0.1) is 0 Å². The fourth-order valence-corrected chi connectivity index (χ4v) is 3.50. The van der Waals surface area contributed by atoms with Crippen molar-refractivity contribution in [3.05, 3.63) is 58.8 Å². The van der Waals surface area contributed by atoms with Gasteiger partial charge in [0.2, 0.25) is 5.91 Å². The highest BCUT2D eigenvalue weighted by Crippen LogP contribution is 2.28. The maximum atomic E-state index is 14.0. The molecule has 10 heteroatoms. The first-order valence-electron chi connectivity index (χ1n) is 9.99. The number of benzene rings is 1. The van der Waals surface area contributed by atoms with Crippen LogP contribution in [0.1, 0.15) is 30.4 Å². The largest absolute Gasteiger partial charge is 0.373 e. The summed E-state index contributed by atoms with van der Waals surface area (Å²) in [5.41, 5.74) is 1.42. The highest BCUT2D eigenvalue weighted by atomic mass is 19.1. The van der Waals surface area contributed by atoms with Crippen LogP contribution in [0.5, 0.6) is 0 Å². The Kier molecular flexibility index (Phi) is 4.78. The van der Waals surface area contributed by atoms with Gasteiger partial charge in [0.1, 0.15) is 29.5 Å². The van der Waals surface area contributed by atoms with Crippen molar-refractivity contribution in [3.63, 3.8) is 0 Å². The third-order valence-corrected chi connectivity index (χ3v) is 5.27. The molecule has 2 aliphatic rings. The molecule has 2 aromatic heterocycles. The topological polar surface area (TPSA) is 104 Å². The highest BCUT2D eigenvalue weighted by molar-refractivity contribution is 6.00. The minimum absolute atomic E-state index is 0.0756. The zero-order valence-electron chi connectivity index (χ0n) is 16.4. The van der Waals surface area contributed by atoms with E-state index in [1.807, 2.05) is 0 Å². The van der Waals surface area contributed by atoms with Crippen LogP contribution in [0.2, 0.25) is 0 Å². The van der Waals surface area contributed by atoms with Crippen molar-refractivity contribution in [2.45, 2.75) is 38.1 Å². The Morgan fingerprint density at radius 2 is 2.06 bits per heavy atom. The van der Waals surface area contributed by atoms with Crippen molar-refractivity contribution in [1.29, 1.82) is 0 Å². The second-order valence-corrected chi connectivity index (χ2v) is 7.70. The van der Waals surface area contributed by atoms with Crippen molar-refractivity contribution in [1.82, 2.24) is 19.9 Å². The van der Waals surface area contributed by atoms with E-state index in [4.69, 9.17) is 0 Å². The fraction of sp³-hybridized carbons (Fsp3) is 0.286. The smallest absolute Gasteiger partial charge is 0.249 e. The zero-order chi connectivity index (χ0) is 21.5. The molecule has 2 fully saturated rings. The molecule has 1 saturated carbocycles. The van der Waals surface area contributed by atoms with Crippen LogP contribution in [0, 0.1) is 11.6 Å². The zero-order valence-corrected chi connectivity index (χ0v) is 16.4. The number of carbonyl (C=O) groups excluding carboxylic acids is 1. The number of rotatable bonds is 6. The van der Waals surface area contributed by atoms with Crippen LogP contribution in [0.15, 0.2) is 36.0 Å². The number of carbonyl (C=O) groups is 1. The average Bonchev–Trinajstić information content (AvgIpc) is 3.36. The van der Waals surface area contributed by atoms with Gasteiger partial charge in [-0.2, -0.15) is 9.61 Å². The molecule has 1 amide bonds. The van der Waals surface area contributed by atoms with Crippen LogP contribution in [0.4, 0.5) is 20.4 Å². The first kappa shape index (κ1) is 19.4. The highest BCUT2D eigenvalue weighted by Gasteiger charge is 2.26. The monoisotopic (exact) mass is 426 g/mol. The summed E-state index contributed by atoms with van der Waals surface area (Å²) >= 11 is 0. The molecular formula is C21H20F2N6O2. The Hall–Kier alpha value is -3.53. The maximum absolute atomic E-state index is 14.0. The third-order valence-electron chi connectivity index (χ3n) is 5.27. The number of fused-ring (bicyclic) bond motifs is 1. The van der Waals surface area contributed by atoms with Gasteiger partial charge in [-0.3, -0.25) is 4.79 Å². The summed E-state index contributed by atoms with van der Waals surface area (Å²) in [6.07, 6.45) is 4.60. The van der Waals surface area contributed by atoms with E-state index < -0.39 is 17.9 Å². The molecule has 1 atom stereocenters. The number of aliphatic hydroxyl groups excluding tert-OH is 1. The number of aromatic nitrogens is 3. The van der Waals surface area contributed by atoms with Gasteiger partial charge in [-0.25, -0.2) is 13.8 Å². The van der Waals surface area contributed by atoms with E-state index in [0.717, 1.165) is 12.8 Å². The van der Waals surface area contributed by atoms with Crippen molar-refractivity contribution in [2.75, 3.05) is 10.6 Å². The molecular weight excluding hydrogens is 406 g/mol. The molecule has 3 aromatic rings. The summed E-state index contributed by atoms with van der Waals surface area (Å²) in [5.74, 6) is -0.512. The number of hydrogen-bond donors (Lipinski definition) is 4. The summed E-state index contributed by atoms with van der Waals surface area (Å²) in [7, 11) is 0. The lowest BCUT2D eigenvalue weighted by atomic mass is 10.1. The normalized spacial score (nSPS) is 19.8. The molecule has 1 unspecified atom stereocenters. The first-order chi connectivity index (χ1) is 15.0. The number of halogens is 2. The summed E-state index contributed by atoms with van der Waals surface area (Å²) in [4.78, 5) is 16.5. The summed E-state index contributed by atoms with van der Waals surface area (Å²) in [6, 6.07) is 5.81. The quantitative estimate of drug-likeness (QED) is 0.452. The lowest BCUT2D eigenvalue weighted by Gasteiger charge is -2.12. The number of nitrogens with one attached hydrogen (secondary N) is 3. The molecule has 0 radical (unpaired) electrons. The second-order valence-electron chi connectivity index (χ2n) is 7.70. The summed E-state index contributed by atoms with van der Waals surface area (Å²) < 4.78 is 29.6. The molecule has 1 saturated heterocycles. The Balaban J connectivity index is 1.51. The lowest BCUT2D eigenvalue weighted by Crippen LogP contribution is -2.24. The number of nitrogens with zero attached hydrogens (tertiary/aromatic N) is 3. The lowest BCUT2D eigenvalue weighted by molar-refractivity contribution is -0.117. The molecule has 8 nitrogen and oxygen atoms in total. The summed E-state index contributed by atoms with van der Waals surface area (Å²) in [5, 5.41) is 22.8. The van der Waals surface area contributed by atoms with Crippen LogP contribution >= 0.6 is 0 Å². The van der Waals surface area contributed by atoms with Crippen molar-refractivity contribution >= 4 is 29.3 Å². The molecule has 31 heavy (non-hydrogen) atoms. The second kappa shape index (κ2) is 7.62. The van der Waals surface area contributed by atoms with Crippen LogP contribution in [-0.4, -0.2) is 37.9 Å². The van der Waals surface area contributed by atoms with Gasteiger partial charge in [-0.05, 0) is 31.1 Å². The fourth-order valence-electron chi connectivity index (χ4n) is 3.50.